The molecule has 19 heavy (non-hydrogen) atoms. The number of thiophene rings is 1. The molecule has 5 nitrogen and oxygen atoms in total. The molecule has 0 unspecified atom stereocenters. The van der Waals surface area contributed by atoms with Crippen LogP contribution in [-0.2, 0) is 6.54 Å². The number of carbonyl (C=O) groups is 1. The van der Waals surface area contributed by atoms with Crippen LogP contribution in [0, 0.1) is 0 Å². The van der Waals surface area contributed by atoms with Gasteiger partial charge in [0.2, 0.25) is 0 Å². The van der Waals surface area contributed by atoms with Crippen molar-refractivity contribution in [1.29, 1.82) is 0 Å². The van der Waals surface area contributed by atoms with Gasteiger partial charge in [-0.2, -0.15) is 0 Å². The Bertz CT molecular complexity index is 719. The first-order valence-electron chi connectivity index (χ1n) is 5.68. The highest BCUT2D eigenvalue weighted by molar-refractivity contribution is 7.21. The van der Waals surface area contributed by atoms with Crippen LogP contribution >= 0.6 is 11.3 Å². The summed E-state index contributed by atoms with van der Waals surface area (Å²) in [4.78, 5) is 16.8. The molecular formula is C13H11N3O2S. The van der Waals surface area contributed by atoms with E-state index in [4.69, 9.17) is 10.2 Å². The molecule has 0 aliphatic rings. The number of amides is 1. The van der Waals surface area contributed by atoms with Gasteiger partial charge >= 0.3 is 0 Å². The molecule has 3 heterocycles. The summed E-state index contributed by atoms with van der Waals surface area (Å²) in [6.45, 7) is 0.413. The molecule has 3 rings (SSSR count). The number of nitrogens with two attached hydrogens (primary N) is 1. The average Bonchev–Trinajstić information content (AvgIpc) is 3.05. The Kier molecular flexibility index (Phi) is 2.92. The molecule has 0 aliphatic carbocycles. The summed E-state index contributed by atoms with van der Waals surface area (Å²) >= 11 is 1.35. The van der Waals surface area contributed by atoms with Gasteiger partial charge in [-0.05, 0) is 18.2 Å². The van der Waals surface area contributed by atoms with E-state index in [1.165, 1.54) is 11.3 Å². The molecule has 0 spiro atoms. The number of furan rings is 1. The van der Waals surface area contributed by atoms with Gasteiger partial charge in [0.05, 0.1) is 22.9 Å². The molecule has 0 saturated heterocycles. The van der Waals surface area contributed by atoms with E-state index in [0.29, 0.717) is 22.6 Å². The SMILES string of the molecule is Nc1c(C(=O)NCc2ccoc2)sc2cccnc12. The number of fused-ring (bicyclic) bond motifs is 1. The first-order valence-corrected chi connectivity index (χ1v) is 6.49. The number of rotatable bonds is 3. The number of hydrogen-bond donors (Lipinski definition) is 2. The van der Waals surface area contributed by atoms with Gasteiger partial charge in [0.25, 0.3) is 5.91 Å². The molecule has 3 N–H and O–H groups in total. The molecule has 0 radical (unpaired) electrons. The van der Waals surface area contributed by atoms with Crippen molar-refractivity contribution in [2.24, 2.45) is 0 Å². The molecular weight excluding hydrogens is 262 g/mol. The Morgan fingerprint density at radius 3 is 3.11 bits per heavy atom. The van der Waals surface area contributed by atoms with Crippen molar-refractivity contribution in [2.75, 3.05) is 5.73 Å². The highest BCUT2D eigenvalue weighted by Crippen LogP contribution is 2.31. The Morgan fingerprint density at radius 2 is 2.37 bits per heavy atom. The highest BCUT2D eigenvalue weighted by Gasteiger charge is 2.16. The van der Waals surface area contributed by atoms with E-state index in [2.05, 4.69) is 10.3 Å². The molecule has 6 heteroatoms. The molecule has 0 fully saturated rings. The van der Waals surface area contributed by atoms with Gasteiger partial charge in [-0.15, -0.1) is 11.3 Å². The van der Waals surface area contributed by atoms with Crippen LogP contribution in [0.2, 0.25) is 0 Å². The first-order chi connectivity index (χ1) is 9.25. The van der Waals surface area contributed by atoms with Crippen LogP contribution in [0.5, 0.6) is 0 Å². The van der Waals surface area contributed by atoms with Crippen molar-refractivity contribution in [3.05, 3.63) is 47.4 Å². The zero-order valence-electron chi connectivity index (χ0n) is 9.92. The van der Waals surface area contributed by atoms with Crippen molar-refractivity contribution >= 4 is 33.1 Å². The fraction of sp³-hybridized carbons (Fsp3) is 0.0769. The number of nitrogen functional groups attached to an aromatic ring is 1. The second-order valence-corrected chi connectivity index (χ2v) is 5.06. The fourth-order valence-electron chi connectivity index (χ4n) is 1.77. The maximum atomic E-state index is 12.1. The van der Waals surface area contributed by atoms with Gasteiger partial charge in [0.15, 0.2) is 0 Å². The van der Waals surface area contributed by atoms with E-state index >= 15 is 0 Å². The number of nitrogens with zero attached hydrogens (tertiary/aromatic N) is 1. The summed E-state index contributed by atoms with van der Waals surface area (Å²) in [6.07, 6.45) is 4.83. The second-order valence-electron chi connectivity index (χ2n) is 4.01. The van der Waals surface area contributed by atoms with E-state index in [1.807, 2.05) is 12.1 Å². The van der Waals surface area contributed by atoms with E-state index < -0.39 is 0 Å². The van der Waals surface area contributed by atoms with Gasteiger partial charge in [-0.1, -0.05) is 0 Å². The molecule has 0 bridgehead atoms. The summed E-state index contributed by atoms with van der Waals surface area (Å²) in [5.74, 6) is -0.193. The molecule has 3 aromatic heterocycles. The van der Waals surface area contributed by atoms with Crippen molar-refractivity contribution < 1.29 is 9.21 Å². The third-order valence-electron chi connectivity index (χ3n) is 2.72. The quantitative estimate of drug-likeness (QED) is 0.767. The molecule has 3 aromatic rings. The Labute approximate surface area is 113 Å². The molecule has 1 amide bonds. The average molecular weight is 273 g/mol. The number of nitrogens with one attached hydrogen (secondary N) is 1. The zero-order valence-corrected chi connectivity index (χ0v) is 10.7. The second kappa shape index (κ2) is 4.74. The predicted molar refractivity (Wildman–Crippen MR) is 73.9 cm³/mol. The maximum absolute atomic E-state index is 12.1. The topological polar surface area (TPSA) is 81.2 Å². The number of carbonyl (C=O) groups excluding carboxylic acids is 1. The monoisotopic (exact) mass is 273 g/mol. The van der Waals surface area contributed by atoms with E-state index in [1.54, 1.807) is 24.8 Å². The molecule has 0 saturated carbocycles. The molecule has 0 atom stereocenters. The van der Waals surface area contributed by atoms with Crippen molar-refractivity contribution in [2.45, 2.75) is 6.54 Å². The van der Waals surface area contributed by atoms with E-state index in [0.717, 1.165) is 10.3 Å². The number of aromatic nitrogens is 1. The van der Waals surface area contributed by atoms with E-state index in [9.17, 15) is 4.79 Å². The minimum Gasteiger partial charge on any atom is -0.472 e. The van der Waals surface area contributed by atoms with Gasteiger partial charge in [0, 0.05) is 18.3 Å². The lowest BCUT2D eigenvalue weighted by atomic mass is 10.3. The first kappa shape index (κ1) is 11.7. The Balaban J connectivity index is 1.83. The zero-order chi connectivity index (χ0) is 13.2. The third kappa shape index (κ3) is 2.17. The lowest BCUT2D eigenvalue weighted by Crippen LogP contribution is -2.22. The highest BCUT2D eigenvalue weighted by atomic mass is 32.1. The van der Waals surface area contributed by atoms with E-state index in [-0.39, 0.29) is 5.91 Å². The van der Waals surface area contributed by atoms with Crippen LogP contribution in [0.4, 0.5) is 5.69 Å². The van der Waals surface area contributed by atoms with Gasteiger partial charge < -0.3 is 15.5 Å². The summed E-state index contributed by atoms with van der Waals surface area (Å²) in [5.41, 5.74) is 7.98. The third-order valence-corrected chi connectivity index (χ3v) is 3.88. The molecule has 0 aliphatic heterocycles. The number of anilines is 1. The van der Waals surface area contributed by atoms with Crippen LogP contribution < -0.4 is 11.1 Å². The summed E-state index contributed by atoms with van der Waals surface area (Å²) in [5, 5.41) is 2.81. The summed E-state index contributed by atoms with van der Waals surface area (Å²) in [6, 6.07) is 5.53. The number of pyridine rings is 1. The minimum absolute atomic E-state index is 0.193. The Hall–Kier alpha value is -2.34. The van der Waals surface area contributed by atoms with Crippen LogP contribution in [0.3, 0.4) is 0 Å². The van der Waals surface area contributed by atoms with Crippen molar-refractivity contribution in [1.82, 2.24) is 10.3 Å². The number of hydrogen-bond acceptors (Lipinski definition) is 5. The predicted octanol–water partition coefficient (Wildman–Crippen LogP) is 2.40. The Morgan fingerprint density at radius 1 is 1.47 bits per heavy atom. The van der Waals surface area contributed by atoms with Gasteiger partial charge in [-0.25, -0.2) is 0 Å². The van der Waals surface area contributed by atoms with Crippen LogP contribution in [0.15, 0.2) is 41.3 Å². The fourth-order valence-corrected chi connectivity index (χ4v) is 2.77. The minimum atomic E-state index is -0.193. The molecule has 0 aromatic carbocycles. The largest absolute Gasteiger partial charge is 0.472 e. The van der Waals surface area contributed by atoms with Crippen LogP contribution in [-0.4, -0.2) is 10.9 Å². The summed E-state index contributed by atoms with van der Waals surface area (Å²) in [7, 11) is 0. The van der Waals surface area contributed by atoms with Crippen molar-refractivity contribution in [3.8, 4) is 0 Å². The molecule has 96 valence electrons. The van der Waals surface area contributed by atoms with Gasteiger partial charge in [-0.3, -0.25) is 9.78 Å². The maximum Gasteiger partial charge on any atom is 0.263 e. The smallest absolute Gasteiger partial charge is 0.263 e. The standard InChI is InChI=1S/C13H11N3O2S/c14-10-11-9(2-1-4-15-11)19-12(10)13(17)16-6-8-3-5-18-7-8/h1-5,7H,6,14H2,(H,16,17). The van der Waals surface area contributed by atoms with Crippen molar-refractivity contribution in [3.63, 3.8) is 0 Å². The summed E-state index contributed by atoms with van der Waals surface area (Å²) < 4.78 is 5.85. The van der Waals surface area contributed by atoms with Gasteiger partial charge in [0.1, 0.15) is 10.4 Å². The lowest BCUT2D eigenvalue weighted by molar-refractivity contribution is 0.0956. The van der Waals surface area contributed by atoms with Crippen LogP contribution in [0.1, 0.15) is 15.2 Å². The normalized spacial score (nSPS) is 10.7. The lowest BCUT2D eigenvalue weighted by Gasteiger charge is -2.01. The van der Waals surface area contributed by atoms with Crippen LogP contribution in [0.25, 0.3) is 10.2 Å².